The van der Waals surface area contributed by atoms with Crippen molar-refractivity contribution >= 4 is 17.7 Å². The van der Waals surface area contributed by atoms with E-state index in [-0.39, 0.29) is 18.0 Å². The number of ether oxygens (including phenoxy) is 2. The number of fused-ring (bicyclic) bond motifs is 1. The Labute approximate surface area is 156 Å². The molecule has 0 saturated heterocycles. The number of nitrogens with zero attached hydrogens (tertiary/aromatic N) is 1. The number of amides is 1. The molecule has 0 aromatic heterocycles. The lowest BCUT2D eigenvalue weighted by Crippen LogP contribution is -2.35. The molecule has 144 valence electrons. The highest BCUT2D eigenvalue weighted by Gasteiger charge is 2.30. The molecule has 0 fully saturated rings. The van der Waals surface area contributed by atoms with Gasteiger partial charge in [0.15, 0.2) is 0 Å². The summed E-state index contributed by atoms with van der Waals surface area (Å²) in [6.07, 6.45) is 0.864. The Morgan fingerprint density at radius 3 is 2.50 bits per heavy atom. The van der Waals surface area contributed by atoms with Gasteiger partial charge >= 0.3 is 12.1 Å². The molecule has 0 aliphatic carbocycles. The fourth-order valence-corrected chi connectivity index (χ4v) is 3.30. The van der Waals surface area contributed by atoms with Crippen LogP contribution in [0, 0.1) is 5.92 Å². The van der Waals surface area contributed by atoms with E-state index in [0.29, 0.717) is 25.5 Å². The Morgan fingerprint density at radius 2 is 1.92 bits per heavy atom. The molecule has 0 radical (unpaired) electrons. The molecule has 1 aromatic rings. The van der Waals surface area contributed by atoms with Crippen molar-refractivity contribution in [1.82, 2.24) is 0 Å². The van der Waals surface area contributed by atoms with E-state index in [9.17, 15) is 9.59 Å². The Bertz CT molecular complexity index is 660. The van der Waals surface area contributed by atoms with Crippen molar-refractivity contribution in [1.29, 1.82) is 0 Å². The van der Waals surface area contributed by atoms with E-state index >= 15 is 0 Å². The molecule has 2 rings (SSSR count). The molecule has 5 heteroatoms. The standard InChI is InChI=1S/C21H31NO4/c1-7-25-19(23)13-17(14(2)3)15-8-9-18-16(12-15)10-11-22(18)20(24)26-21(4,5)6/h8-9,12,14,17H,7,10-11,13H2,1-6H3/t17-/m1/s1. The van der Waals surface area contributed by atoms with Gasteiger partial charge in [0.2, 0.25) is 0 Å². The van der Waals surface area contributed by atoms with Crippen LogP contribution in [0.1, 0.15) is 65.0 Å². The zero-order chi connectivity index (χ0) is 19.5. The first-order valence-electron chi connectivity index (χ1n) is 9.41. The van der Waals surface area contributed by atoms with Gasteiger partial charge in [0.05, 0.1) is 18.7 Å². The van der Waals surface area contributed by atoms with Gasteiger partial charge in [-0.05, 0) is 63.1 Å². The molecule has 0 N–H and O–H groups in total. The van der Waals surface area contributed by atoms with Crippen LogP contribution in [0.4, 0.5) is 10.5 Å². The summed E-state index contributed by atoms with van der Waals surface area (Å²) in [6, 6.07) is 6.12. The lowest BCUT2D eigenvalue weighted by Gasteiger charge is -2.25. The van der Waals surface area contributed by atoms with Crippen molar-refractivity contribution in [3.8, 4) is 0 Å². The largest absolute Gasteiger partial charge is 0.466 e. The Kier molecular flexibility index (Phi) is 6.32. The Balaban J connectivity index is 2.20. The van der Waals surface area contributed by atoms with E-state index in [0.717, 1.165) is 23.2 Å². The number of esters is 1. The van der Waals surface area contributed by atoms with Crippen LogP contribution in [0.3, 0.4) is 0 Å². The summed E-state index contributed by atoms with van der Waals surface area (Å²) in [6.45, 7) is 12.7. The molecule has 26 heavy (non-hydrogen) atoms. The number of benzene rings is 1. The fraction of sp³-hybridized carbons (Fsp3) is 0.619. The molecule has 1 heterocycles. The number of carbonyl (C=O) groups excluding carboxylic acids is 2. The van der Waals surface area contributed by atoms with E-state index < -0.39 is 5.60 Å². The van der Waals surface area contributed by atoms with Crippen LogP contribution >= 0.6 is 0 Å². The van der Waals surface area contributed by atoms with Gasteiger partial charge in [-0.25, -0.2) is 4.79 Å². The minimum absolute atomic E-state index is 0.106. The van der Waals surface area contributed by atoms with Crippen LogP contribution in [-0.4, -0.2) is 30.8 Å². The van der Waals surface area contributed by atoms with Gasteiger partial charge in [-0.3, -0.25) is 9.69 Å². The highest BCUT2D eigenvalue weighted by atomic mass is 16.6. The predicted octanol–water partition coefficient (Wildman–Crippen LogP) is 4.68. The van der Waals surface area contributed by atoms with Crippen LogP contribution < -0.4 is 4.90 Å². The minimum atomic E-state index is -0.512. The third-order valence-corrected chi connectivity index (χ3v) is 4.54. The van der Waals surface area contributed by atoms with Gasteiger partial charge < -0.3 is 9.47 Å². The molecule has 1 aliphatic rings. The molecule has 0 unspecified atom stereocenters. The molecule has 1 aliphatic heterocycles. The summed E-state index contributed by atoms with van der Waals surface area (Å²) in [4.78, 5) is 26.1. The first-order valence-corrected chi connectivity index (χ1v) is 9.41. The molecule has 1 atom stereocenters. The Hall–Kier alpha value is -2.04. The molecule has 0 saturated carbocycles. The minimum Gasteiger partial charge on any atom is -0.466 e. The first kappa shape index (κ1) is 20.3. The maximum absolute atomic E-state index is 12.4. The molecule has 1 aromatic carbocycles. The average molecular weight is 361 g/mol. The van der Waals surface area contributed by atoms with Crippen LogP contribution in [-0.2, 0) is 20.7 Å². The summed E-state index contributed by atoms with van der Waals surface area (Å²) < 4.78 is 10.6. The smallest absolute Gasteiger partial charge is 0.414 e. The predicted molar refractivity (Wildman–Crippen MR) is 103 cm³/mol. The summed E-state index contributed by atoms with van der Waals surface area (Å²) in [7, 11) is 0. The second-order valence-corrected chi connectivity index (χ2v) is 8.13. The van der Waals surface area contributed by atoms with Crippen molar-refractivity contribution in [3.05, 3.63) is 29.3 Å². The molecular weight excluding hydrogens is 330 g/mol. The van der Waals surface area contributed by atoms with Crippen LogP contribution in [0.2, 0.25) is 0 Å². The zero-order valence-corrected chi connectivity index (χ0v) is 16.8. The van der Waals surface area contributed by atoms with Crippen LogP contribution in [0.15, 0.2) is 18.2 Å². The van der Waals surface area contributed by atoms with Crippen molar-refractivity contribution < 1.29 is 19.1 Å². The van der Waals surface area contributed by atoms with Crippen molar-refractivity contribution in [2.24, 2.45) is 5.92 Å². The summed E-state index contributed by atoms with van der Waals surface area (Å²) in [5.41, 5.74) is 2.64. The molecule has 5 nitrogen and oxygen atoms in total. The van der Waals surface area contributed by atoms with Gasteiger partial charge in [0.25, 0.3) is 0 Å². The second kappa shape index (κ2) is 8.11. The topological polar surface area (TPSA) is 55.8 Å². The van der Waals surface area contributed by atoms with E-state index in [1.807, 2.05) is 39.8 Å². The van der Waals surface area contributed by atoms with Gasteiger partial charge in [-0.2, -0.15) is 0 Å². The SMILES string of the molecule is CCOC(=O)C[C@@H](c1ccc2c(c1)CCN2C(=O)OC(C)(C)C)C(C)C. The van der Waals surface area contributed by atoms with Crippen molar-refractivity contribution in [3.63, 3.8) is 0 Å². The number of rotatable bonds is 5. The van der Waals surface area contributed by atoms with Gasteiger partial charge in [0, 0.05) is 6.54 Å². The summed E-state index contributed by atoms with van der Waals surface area (Å²) >= 11 is 0. The lowest BCUT2D eigenvalue weighted by atomic mass is 9.85. The Morgan fingerprint density at radius 1 is 1.23 bits per heavy atom. The number of hydrogen-bond donors (Lipinski definition) is 0. The third-order valence-electron chi connectivity index (χ3n) is 4.54. The number of carbonyl (C=O) groups is 2. The van der Waals surface area contributed by atoms with E-state index in [2.05, 4.69) is 19.9 Å². The number of hydrogen-bond acceptors (Lipinski definition) is 4. The normalized spacial score (nSPS) is 15.0. The zero-order valence-electron chi connectivity index (χ0n) is 16.8. The summed E-state index contributed by atoms with van der Waals surface area (Å²) in [5, 5.41) is 0. The molecule has 0 spiro atoms. The maximum atomic E-state index is 12.4. The van der Waals surface area contributed by atoms with Crippen LogP contribution in [0.25, 0.3) is 0 Å². The van der Waals surface area contributed by atoms with E-state index in [4.69, 9.17) is 9.47 Å². The van der Waals surface area contributed by atoms with Gasteiger partial charge in [-0.1, -0.05) is 26.0 Å². The molecule has 0 bridgehead atoms. The molecule has 1 amide bonds. The monoisotopic (exact) mass is 361 g/mol. The van der Waals surface area contributed by atoms with Crippen molar-refractivity contribution in [2.75, 3.05) is 18.1 Å². The quantitative estimate of drug-likeness (QED) is 0.715. The highest BCUT2D eigenvalue weighted by Crippen LogP contribution is 2.35. The van der Waals surface area contributed by atoms with Gasteiger partial charge in [0.1, 0.15) is 5.60 Å². The van der Waals surface area contributed by atoms with Crippen LogP contribution in [0.5, 0.6) is 0 Å². The average Bonchev–Trinajstić information content (AvgIpc) is 2.94. The van der Waals surface area contributed by atoms with Gasteiger partial charge in [-0.15, -0.1) is 0 Å². The van der Waals surface area contributed by atoms with E-state index in [1.54, 1.807) is 4.90 Å². The van der Waals surface area contributed by atoms with Crippen molar-refractivity contribution in [2.45, 2.75) is 65.9 Å². The lowest BCUT2D eigenvalue weighted by molar-refractivity contribution is -0.143. The highest BCUT2D eigenvalue weighted by molar-refractivity contribution is 5.90. The fourth-order valence-electron chi connectivity index (χ4n) is 3.30. The van der Waals surface area contributed by atoms with E-state index in [1.165, 1.54) is 0 Å². The first-order chi connectivity index (χ1) is 12.1. The molecular formula is C21H31NO4. The maximum Gasteiger partial charge on any atom is 0.414 e. The summed E-state index contributed by atoms with van der Waals surface area (Å²) in [5.74, 6) is 0.262. The second-order valence-electron chi connectivity index (χ2n) is 8.13. The third kappa shape index (κ3) is 4.99. The number of anilines is 1.